The second-order valence-corrected chi connectivity index (χ2v) is 31.9. The molecule has 6 heteroatoms. The van der Waals surface area contributed by atoms with Crippen LogP contribution < -0.4 is 9.81 Å². The molecule has 0 aliphatic heterocycles. The van der Waals surface area contributed by atoms with Crippen molar-refractivity contribution in [1.82, 2.24) is 0 Å². The molecule has 0 unspecified atom stereocenters. The number of aromatic hydroxyl groups is 3. The Morgan fingerprint density at radius 1 is 0.542 bits per heavy atom. The summed E-state index contributed by atoms with van der Waals surface area (Å²) in [6, 6.07) is 19.6. The molecule has 0 saturated heterocycles. The van der Waals surface area contributed by atoms with E-state index in [1.807, 2.05) is 0 Å². The molecule has 0 saturated carbocycles. The zero-order chi connectivity index (χ0) is 17.4. The Bertz CT molecular complexity index is 794. The van der Waals surface area contributed by atoms with E-state index in [4.69, 9.17) is 17.0 Å². The zero-order valence-corrected chi connectivity index (χ0v) is 17.5. The van der Waals surface area contributed by atoms with E-state index in [0.29, 0.717) is 9.81 Å². The maximum atomic E-state index is 9.91. The van der Waals surface area contributed by atoms with Crippen LogP contribution in [0, 0.1) is 0 Å². The van der Waals surface area contributed by atoms with Gasteiger partial charge in [0.2, 0.25) is 0 Å². The van der Waals surface area contributed by atoms with E-state index >= 15 is 0 Å². The predicted molar refractivity (Wildman–Crippen MR) is 101 cm³/mol. The minimum atomic E-state index is -5.19. The molecule has 124 valence electrons. The molecule has 3 N–H and O–H groups in total. The first-order valence-electron chi connectivity index (χ1n) is 7.14. The second-order valence-electron chi connectivity index (χ2n) is 5.47. The Balaban J connectivity index is 2.41. The van der Waals surface area contributed by atoms with Gasteiger partial charge in [0.25, 0.3) is 0 Å². The van der Waals surface area contributed by atoms with E-state index in [-0.39, 0.29) is 17.2 Å². The van der Waals surface area contributed by atoms with Crippen molar-refractivity contribution in [1.29, 1.82) is 0 Å². The quantitative estimate of drug-likeness (QED) is 0.433. The van der Waals surface area contributed by atoms with Gasteiger partial charge in [0.1, 0.15) is 0 Å². The fourth-order valence-corrected chi connectivity index (χ4v) is 19.9. The van der Waals surface area contributed by atoms with Crippen molar-refractivity contribution in [3.63, 3.8) is 0 Å². The molecule has 0 spiro atoms. The molecular formula is C18H15BiCl2O3. The summed E-state index contributed by atoms with van der Waals surface area (Å²) in [4.78, 5) is 0. The molecule has 24 heavy (non-hydrogen) atoms. The minimum absolute atomic E-state index is 0.0515. The van der Waals surface area contributed by atoms with E-state index in [0.717, 1.165) is 0 Å². The van der Waals surface area contributed by atoms with Crippen LogP contribution in [0.5, 0.6) is 17.2 Å². The first-order valence-corrected chi connectivity index (χ1v) is 20.9. The van der Waals surface area contributed by atoms with Gasteiger partial charge >= 0.3 is 149 Å². The van der Waals surface area contributed by atoms with Crippen LogP contribution in [0.1, 0.15) is 0 Å². The van der Waals surface area contributed by atoms with Gasteiger partial charge in [0, 0.05) is 0 Å². The molecule has 0 fully saturated rings. The van der Waals surface area contributed by atoms with Crippen molar-refractivity contribution in [2.24, 2.45) is 0 Å². The number of phenolic OH excluding ortho intramolecular Hbond substituents is 3. The Kier molecular flexibility index (Phi) is 4.42. The fraction of sp³-hybridized carbons (Fsp3) is 0. The summed E-state index contributed by atoms with van der Waals surface area (Å²) >= 11 is -5.19. The molecule has 0 amide bonds. The van der Waals surface area contributed by atoms with Crippen molar-refractivity contribution in [2.45, 2.75) is 0 Å². The number of rotatable bonds is 3. The monoisotopic (exact) mass is 558 g/mol. The zero-order valence-electron chi connectivity index (χ0n) is 12.5. The van der Waals surface area contributed by atoms with Crippen molar-refractivity contribution in [2.75, 3.05) is 0 Å². The van der Waals surface area contributed by atoms with Gasteiger partial charge in [-0.25, -0.2) is 0 Å². The first-order chi connectivity index (χ1) is 11.3. The van der Waals surface area contributed by atoms with Gasteiger partial charge in [0.15, 0.2) is 0 Å². The number of hydrogen-bond donors (Lipinski definition) is 3. The standard InChI is InChI=1S/3C6H5O.Bi.2ClH/c3*7-6-4-2-1-3-5-6;;;/h3*1-2,4-5,7H;;2*1H/q;;;+2;;/p-2. The molecule has 0 aliphatic carbocycles. The number of hydrogen-bond acceptors (Lipinski definition) is 3. The molecule has 0 radical (unpaired) electrons. The number of halogens is 2. The molecule has 0 aromatic heterocycles. The summed E-state index contributed by atoms with van der Waals surface area (Å²) in [6.45, 7) is 0. The molecule has 3 rings (SSSR count). The first kappa shape index (κ1) is 17.3. The van der Waals surface area contributed by atoms with Crippen molar-refractivity contribution in [3.05, 3.63) is 72.8 Å². The second kappa shape index (κ2) is 6.11. The Morgan fingerprint density at radius 2 is 0.833 bits per heavy atom. The molecule has 0 bridgehead atoms. The summed E-state index contributed by atoms with van der Waals surface area (Å²) in [7, 11) is 14.5. The van der Waals surface area contributed by atoms with E-state index in [1.54, 1.807) is 72.8 Å². The third-order valence-electron chi connectivity index (χ3n) is 3.85. The van der Waals surface area contributed by atoms with E-state index in [2.05, 4.69) is 0 Å². The SMILES string of the molecule is Oc1ccc[c]([Bi]([Cl])([Cl])([c]2cccc(O)c2)[c]2cccc(O)c2)c1. The topological polar surface area (TPSA) is 60.7 Å². The van der Waals surface area contributed by atoms with Gasteiger partial charge in [-0.3, -0.25) is 0 Å². The maximum absolute atomic E-state index is 9.91. The third-order valence-corrected chi connectivity index (χ3v) is 27.9. The molecule has 0 atom stereocenters. The normalized spacial score (nSPS) is 13.2. The van der Waals surface area contributed by atoms with Gasteiger partial charge in [-0.05, 0) is 0 Å². The van der Waals surface area contributed by atoms with E-state index in [9.17, 15) is 15.3 Å². The van der Waals surface area contributed by atoms with Gasteiger partial charge in [-0.15, -0.1) is 0 Å². The summed E-state index contributed by atoms with van der Waals surface area (Å²) in [5.74, 6) is 0.154. The number of benzene rings is 3. The van der Waals surface area contributed by atoms with Crippen molar-refractivity contribution < 1.29 is 15.3 Å². The fourth-order valence-electron chi connectivity index (χ4n) is 2.66. The van der Waals surface area contributed by atoms with Crippen LogP contribution in [0.15, 0.2) is 72.8 Å². The van der Waals surface area contributed by atoms with Crippen molar-refractivity contribution in [3.8, 4) is 17.2 Å². The van der Waals surface area contributed by atoms with E-state index < -0.39 is 16.4 Å². The summed E-state index contributed by atoms with van der Waals surface area (Å²) in [5, 5.41) is 29.7. The summed E-state index contributed by atoms with van der Waals surface area (Å²) in [5.41, 5.74) is 0. The Labute approximate surface area is 148 Å². The van der Waals surface area contributed by atoms with Crippen LogP contribution in [-0.4, -0.2) is 31.7 Å². The molecule has 0 aliphatic rings. The van der Waals surface area contributed by atoms with Gasteiger partial charge in [0.05, 0.1) is 0 Å². The number of phenols is 3. The Morgan fingerprint density at radius 3 is 1.08 bits per heavy atom. The van der Waals surface area contributed by atoms with Crippen LogP contribution in [-0.2, 0) is 0 Å². The van der Waals surface area contributed by atoms with Crippen LogP contribution in [0.2, 0.25) is 0 Å². The van der Waals surface area contributed by atoms with Crippen LogP contribution in [0.3, 0.4) is 0 Å². The molecule has 0 heterocycles. The van der Waals surface area contributed by atoms with Crippen LogP contribution >= 0.6 is 17.0 Å². The van der Waals surface area contributed by atoms with Gasteiger partial charge in [-0.1, -0.05) is 0 Å². The summed E-state index contributed by atoms with van der Waals surface area (Å²) in [6.07, 6.45) is 0. The predicted octanol–water partition coefficient (Wildman–Crippen LogP) is 2.70. The molecular weight excluding hydrogens is 544 g/mol. The third kappa shape index (κ3) is 2.84. The van der Waals surface area contributed by atoms with Crippen LogP contribution in [0.25, 0.3) is 0 Å². The molecule has 3 aromatic rings. The van der Waals surface area contributed by atoms with Crippen LogP contribution in [0.4, 0.5) is 0 Å². The molecule has 3 nitrogen and oxygen atoms in total. The average Bonchev–Trinajstić information content (AvgIpc) is 2.55. The average molecular weight is 559 g/mol. The van der Waals surface area contributed by atoms with Gasteiger partial charge < -0.3 is 0 Å². The Hall–Kier alpha value is -1.48. The summed E-state index contributed by atoms with van der Waals surface area (Å²) < 4.78 is 1.79. The van der Waals surface area contributed by atoms with E-state index in [1.165, 1.54) is 0 Å². The van der Waals surface area contributed by atoms with Gasteiger partial charge in [-0.2, -0.15) is 0 Å². The van der Waals surface area contributed by atoms with Crippen molar-refractivity contribution >= 4 is 43.2 Å². The molecule has 3 aromatic carbocycles.